The Morgan fingerprint density at radius 1 is 1.67 bits per heavy atom. The first-order chi connectivity index (χ1) is 5.75. The molecule has 12 heavy (non-hydrogen) atoms. The molecule has 0 saturated heterocycles. The van der Waals surface area contributed by atoms with Crippen molar-refractivity contribution in [3.8, 4) is 6.07 Å². The van der Waals surface area contributed by atoms with Gasteiger partial charge in [-0.2, -0.15) is 5.26 Å². The Morgan fingerprint density at radius 2 is 2.42 bits per heavy atom. The molecule has 1 N–H and O–H groups in total. The molecule has 6 nitrogen and oxygen atoms in total. The Hall–Kier alpha value is -2.16. The summed E-state index contributed by atoms with van der Waals surface area (Å²) >= 11 is 0. The molecule has 1 rings (SSSR count). The number of hydrogen-bond acceptors (Lipinski definition) is 5. The molecule has 60 valence electrons. The second-order valence-electron chi connectivity index (χ2n) is 1.77. The van der Waals surface area contributed by atoms with Crippen LogP contribution in [0.5, 0.6) is 0 Å². The van der Waals surface area contributed by atoms with Crippen LogP contribution in [0.15, 0.2) is 10.7 Å². The molecule has 0 aliphatic carbocycles. The highest BCUT2D eigenvalue weighted by atomic mass is 16.6. The molecule has 0 atom stereocenters. The van der Waals surface area contributed by atoms with Crippen LogP contribution in [0.2, 0.25) is 0 Å². The van der Waals surface area contributed by atoms with Crippen LogP contribution in [0.4, 0.5) is 0 Å². The van der Waals surface area contributed by atoms with E-state index in [-0.39, 0.29) is 11.4 Å². The normalized spacial score (nSPS) is 9.92. The molecule has 0 bridgehead atoms. The number of aromatic nitrogens is 2. The van der Waals surface area contributed by atoms with E-state index in [1.165, 1.54) is 6.08 Å². The van der Waals surface area contributed by atoms with Crippen LogP contribution in [0.25, 0.3) is 6.08 Å². The molecule has 0 saturated carbocycles. The molecule has 0 fully saturated rings. The van der Waals surface area contributed by atoms with Crippen LogP contribution < -0.4 is 0 Å². The smallest absolute Gasteiger partial charge is 0.360 e. The second kappa shape index (κ2) is 3.30. The van der Waals surface area contributed by atoms with Crippen molar-refractivity contribution in [2.75, 3.05) is 0 Å². The van der Waals surface area contributed by atoms with Gasteiger partial charge in [0, 0.05) is 6.08 Å². The number of nitriles is 1. The molecule has 0 unspecified atom stereocenters. The monoisotopic (exact) mass is 165 g/mol. The molecular formula is C6H3N3O3. The Balaban J connectivity index is 3.01. The highest BCUT2D eigenvalue weighted by molar-refractivity contribution is 5.88. The third kappa shape index (κ3) is 1.46. The average molecular weight is 165 g/mol. The number of allylic oxidation sites excluding steroid dienone is 1. The van der Waals surface area contributed by atoms with E-state index in [0.717, 1.165) is 6.08 Å². The van der Waals surface area contributed by atoms with Crippen LogP contribution in [-0.2, 0) is 0 Å². The predicted octanol–water partition coefficient (Wildman–Crippen LogP) is 0.305. The van der Waals surface area contributed by atoms with Crippen LogP contribution in [0.3, 0.4) is 0 Å². The molecule has 0 radical (unpaired) electrons. The Labute approximate surface area is 66.7 Å². The van der Waals surface area contributed by atoms with Crippen molar-refractivity contribution in [1.29, 1.82) is 5.26 Å². The number of carbonyl (C=O) groups is 1. The van der Waals surface area contributed by atoms with Crippen molar-refractivity contribution >= 4 is 12.0 Å². The van der Waals surface area contributed by atoms with Gasteiger partial charge >= 0.3 is 5.97 Å². The van der Waals surface area contributed by atoms with Crippen LogP contribution in [-0.4, -0.2) is 21.4 Å². The van der Waals surface area contributed by atoms with Crippen LogP contribution >= 0.6 is 0 Å². The van der Waals surface area contributed by atoms with Crippen molar-refractivity contribution in [1.82, 2.24) is 10.3 Å². The summed E-state index contributed by atoms with van der Waals surface area (Å²) in [7, 11) is 0. The maximum absolute atomic E-state index is 10.4. The average Bonchev–Trinajstić information content (AvgIpc) is 2.48. The van der Waals surface area contributed by atoms with Gasteiger partial charge < -0.3 is 5.11 Å². The molecule has 0 aliphatic heterocycles. The summed E-state index contributed by atoms with van der Waals surface area (Å²) in [6.07, 6.45) is 2.30. The topological polar surface area (TPSA) is 100 Å². The van der Waals surface area contributed by atoms with Gasteiger partial charge in [0.2, 0.25) is 5.69 Å². The van der Waals surface area contributed by atoms with Crippen molar-refractivity contribution in [2.45, 2.75) is 0 Å². The summed E-state index contributed by atoms with van der Waals surface area (Å²) in [4.78, 5) is 10.4. The largest absolute Gasteiger partial charge is 0.476 e. The molecule has 0 aliphatic rings. The first-order valence-electron chi connectivity index (χ1n) is 2.87. The lowest BCUT2D eigenvalue weighted by molar-refractivity contribution is 0.0685. The van der Waals surface area contributed by atoms with Gasteiger partial charge in [-0.25, -0.2) is 9.42 Å². The predicted molar refractivity (Wildman–Crippen MR) is 35.9 cm³/mol. The number of carboxylic acid groups (broad SMARTS) is 1. The number of hydrogen-bond donors (Lipinski definition) is 1. The van der Waals surface area contributed by atoms with Gasteiger partial charge in [-0.05, 0) is 16.4 Å². The zero-order valence-electron chi connectivity index (χ0n) is 5.76. The summed E-state index contributed by atoms with van der Waals surface area (Å²) < 4.78 is 4.16. The number of rotatable bonds is 2. The molecule has 6 heteroatoms. The Bertz CT molecular complexity index is 360. The van der Waals surface area contributed by atoms with Crippen molar-refractivity contribution in [3.63, 3.8) is 0 Å². The molecule has 1 aromatic heterocycles. The van der Waals surface area contributed by atoms with E-state index >= 15 is 0 Å². The highest BCUT2D eigenvalue weighted by Gasteiger charge is 2.13. The van der Waals surface area contributed by atoms with Crippen LogP contribution in [0.1, 0.15) is 16.2 Å². The fourth-order valence-electron chi connectivity index (χ4n) is 0.569. The van der Waals surface area contributed by atoms with Crippen LogP contribution in [0, 0.1) is 11.3 Å². The number of carboxylic acids is 1. The third-order valence-corrected chi connectivity index (χ3v) is 1.03. The van der Waals surface area contributed by atoms with Crippen molar-refractivity contribution in [2.24, 2.45) is 0 Å². The lowest BCUT2D eigenvalue weighted by Gasteiger charge is -1.82. The number of aromatic carboxylic acids is 1. The summed E-state index contributed by atoms with van der Waals surface area (Å²) in [6, 6.07) is 1.69. The molecule has 0 aromatic carbocycles. The Morgan fingerprint density at radius 3 is 3.00 bits per heavy atom. The molecule has 0 amide bonds. The molecule has 0 spiro atoms. The van der Waals surface area contributed by atoms with Gasteiger partial charge in [0.25, 0.3) is 0 Å². The molecular weight excluding hydrogens is 162 g/mol. The van der Waals surface area contributed by atoms with E-state index in [0.29, 0.717) is 0 Å². The summed E-state index contributed by atoms with van der Waals surface area (Å²) in [5, 5.41) is 23.0. The first-order valence-corrected chi connectivity index (χ1v) is 2.87. The van der Waals surface area contributed by atoms with Gasteiger partial charge in [-0.1, -0.05) is 0 Å². The minimum Gasteiger partial charge on any atom is -0.476 e. The maximum Gasteiger partial charge on any atom is 0.360 e. The van der Waals surface area contributed by atoms with Gasteiger partial charge in [-0.15, -0.1) is 0 Å². The van der Waals surface area contributed by atoms with Gasteiger partial charge in [0.15, 0.2) is 0 Å². The fraction of sp³-hybridized carbons (Fsp3) is 0. The maximum atomic E-state index is 10.4. The SMILES string of the molecule is N#C/C=C\c1nonc1C(=O)O. The lowest BCUT2D eigenvalue weighted by atomic mass is 10.3. The van der Waals surface area contributed by atoms with E-state index < -0.39 is 5.97 Å². The fourth-order valence-corrected chi connectivity index (χ4v) is 0.569. The number of nitrogens with zero attached hydrogens (tertiary/aromatic N) is 3. The summed E-state index contributed by atoms with van der Waals surface area (Å²) in [6.45, 7) is 0. The highest BCUT2D eigenvalue weighted by Crippen LogP contribution is 2.03. The van der Waals surface area contributed by atoms with E-state index in [1.807, 2.05) is 0 Å². The second-order valence-corrected chi connectivity index (χ2v) is 1.77. The third-order valence-electron chi connectivity index (χ3n) is 1.03. The molecule has 1 heterocycles. The molecule has 1 aromatic rings. The van der Waals surface area contributed by atoms with Crippen molar-refractivity contribution in [3.05, 3.63) is 17.5 Å². The van der Waals surface area contributed by atoms with Gasteiger partial charge in [-0.3, -0.25) is 0 Å². The first kappa shape index (κ1) is 7.94. The van der Waals surface area contributed by atoms with E-state index in [4.69, 9.17) is 10.4 Å². The summed E-state index contributed by atoms with van der Waals surface area (Å²) in [5.41, 5.74) is -0.273. The van der Waals surface area contributed by atoms with Gasteiger partial charge in [0.1, 0.15) is 5.69 Å². The standard InChI is InChI=1S/C6H3N3O3/c7-3-1-2-4-5(6(10)11)9-12-8-4/h1-2H,(H,10,11)/b2-1-. The van der Waals surface area contributed by atoms with E-state index in [9.17, 15) is 4.79 Å². The summed E-state index contributed by atoms with van der Waals surface area (Å²) in [5.74, 6) is -1.24. The minimum atomic E-state index is -1.24. The minimum absolute atomic E-state index is 0.0315. The zero-order chi connectivity index (χ0) is 8.97. The van der Waals surface area contributed by atoms with E-state index in [1.54, 1.807) is 6.07 Å². The lowest BCUT2D eigenvalue weighted by Crippen LogP contribution is -1.98. The van der Waals surface area contributed by atoms with E-state index in [2.05, 4.69) is 14.9 Å². The van der Waals surface area contributed by atoms with Crippen molar-refractivity contribution < 1.29 is 14.5 Å². The van der Waals surface area contributed by atoms with Gasteiger partial charge in [0.05, 0.1) is 6.07 Å². The Kier molecular flexibility index (Phi) is 2.18. The quantitative estimate of drug-likeness (QED) is 0.632. The zero-order valence-corrected chi connectivity index (χ0v) is 5.76.